The quantitative estimate of drug-likeness (QED) is 0.567. The van der Waals surface area contributed by atoms with E-state index in [2.05, 4.69) is 20.5 Å². The molecule has 0 spiro atoms. The Bertz CT molecular complexity index is 915. The summed E-state index contributed by atoms with van der Waals surface area (Å²) in [6.07, 6.45) is 0. The molecule has 8 heteroatoms. The number of nitrogens with zero attached hydrogens (tertiary/aromatic N) is 5. The van der Waals surface area contributed by atoms with Crippen LogP contribution in [0.5, 0.6) is 11.8 Å². The Morgan fingerprint density at radius 3 is 3.10 bits per heavy atom. The van der Waals surface area contributed by atoms with Crippen LogP contribution in [0, 0.1) is 0 Å². The van der Waals surface area contributed by atoms with Crippen molar-refractivity contribution in [3.63, 3.8) is 0 Å². The summed E-state index contributed by atoms with van der Waals surface area (Å²) in [6.45, 7) is 0. The molecule has 0 aliphatic carbocycles. The van der Waals surface area contributed by atoms with Crippen molar-refractivity contribution in [2.75, 3.05) is 5.73 Å². The summed E-state index contributed by atoms with van der Waals surface area (Å²) in [6, 6.07) is 9.32. The van der Waals surface area contributed by atoms with Gasteiger partial charge in [0.25, 0.3) is 0 Å². The van der Waals surface area contributed by atoms with Crippen LogP contribution in [0.25, 0.3) is 15.9 Å². The number of hydrogen-bond acceptors (Lipinski definition) is 7. The molecule has 4 aromatic rings. The third-order valence-electron chi connectivity index (χ3n) is 2.78. The predicted molar refractivity (Wildman–Crippen MR) is 74.9 cm³/mol. The largest absolute Gasteiger partial charge is 0.424 e. The maximum atomic E-state index is 5.74. The first-order chi connectivity index (χ1) is 9.81. The summed E-state index contributed by atoms with van der Waals surface area (Å²) in [4.78, 5) is 4.43. The first-order valence-corrected chi connectivity index (χ1v) is 6.68. The number of nitrogen functional groups attached to an aromatic ring is 1. The SMILES string of the molecule is Nc1cccc(Oc2nc3ccsc3c3nnnn23)c1. The van der Waals surface area contributed by atoms with Gasteiger partial charge in [-0.15, -0.1) is 21.0 Å². The molecule has 4 rings (SSSR count). The molecule has 0 radical (unpaired) electrons. The molecule has 7 nitrogen and oxygen atoms in total. The van der Waals surface area contributed by atoms with Crippen molar-refractivity contribution < 1.29 is 4.74 Å². The summed E-state index contributed by atoms with van der Waals surface area (Å²) in [5.74, 6) is 0.587. The van der Waals surface area contributed by atoms with Gasteiger partial charge in [-0.3, -0.25) is 0 Å². The fourth-order valence-corrected chi connectivity index (χ4v) is 2.72. The molecule has 2 N–H and O–H groups in total. The predicted octanol–water partition coefficient (Wildman–Crippen LogP) is 2.11. The summed E-state index contributed by atoms with van der Waals surface area (Å²) < 4.78 is 8.14. The first-order valence-electron chi connectivity index (χ1n) is 5.80. The lowest BCUT2D eigenvalue weighted by Crippen LogP contribution is -1.99. The minimum atomic E-state index is 0.307. The van der Waals surface area contributed by atoms with E-state index in [0.29, 0.717) is 23.1 Å². The van der Waals surface area contributed by atoms with Crippen LogP contribution in [0.2, 0.25) is 0 Å². The second-order valence-corrected chi connectivity index (χ2v) is 5.03. The lowest BCUT2D eigenvalue weighted by atomic mass is 10.3. The second kappa shape index (κ2) is 4.14. The molecule has 3 aromatic heterocycles. The van der Waals surface area contributed by atoms with Crippen molar-refractivity contribution >= 4 is 32.9 Å². The van der Waals surface area contributed by atoms with Gasteiger partial charge in [0.1, 0.15) is 5.75 Å². The van der Waals surface area contributed by atoms with Crippen LogP contribution in [-0.2, 0) is 0 Å². The van der Waals surface area contributed by atoms with E-state index >= 15 is 0 Å². The van der Waals surface area contributed by atoms with Gasteiger partial charge in [-0.2, -0.15) is 4.98 Å². The Morgan fingerprint density at radius 1 is 1.25 bits per heavy atom. The first kappa shape index (κ1) is 11.1. The molecule has 0 unspecified atom stereocenters. The Labute approximate surface area is 116 Å². The normalized spacial score (nSPS) is 11.2. The second-order valence-electron chi connectivity index (χ2n) is 4.12. The monoisotopic (exact) mass is 284 g/mol. The number of ether oxygens (including phenoxy) is 1. The maximum absolute atomic E-state index is 5.74. The molecule has 0 saturated heterocycles. The van der Waals surface area contributed by atoms with E-state index < -0.39 is 0 Å². The fourth-order valence-electron chi connectivity index (χ4n) is 1.92. The number of tetrazole rings is 1. The van der Waals surface area contributed by atoms with Crippen molar-refractivity contribution in [2.45, 2.75) is 0 Å². The average Bonchev–Trinajstić information content (AvgIpc) is 3.06. The summed E-state index contributed by atoms with van der Waals surface area (Å²) in [7, 11) is 0. The van der Waals surface area contributed by atoms with Gasteiger partial charge in [0, 0.05) is 11.8 Å². The van der Waals surface area contributed by atoms with Crippen molar-refractivity contribution in [1.82, 2.24) is 25.0 Å². The highest BCUT2D eigenvalue weighted by Crippen LogP contribution is 2.28. The number of thiophene rings is 1. The Hall–Kier alpha value is -2.74. The summed E-state index contributed by atoms with van der Waals surface area (Å²) >= 11 is 1.54. The van der Waals surface area contributed by atoms with E-state index in [1.54, 1.807) is 18.2 Å². The summed E-state index contributed by atoms with van der Waals surface area (Å²) in [5, 5.41) is 13.5. The van der Waals surface area contributed by atoms with Crippen molar-refractivity contribution in [2.24, 2.45) is 0 Å². The molecular formula is C12H8N6OS. The van der Waals surface area contributed by atoms with Crippen LogP contribution in [0.3, 0.4) is 0 Å². The third kappa shape index (κ3) is 1.66. The molecular weight excluding hydrogens is 276 g/mol. The van der Waals surface area contributed by atoms with Gasteiger partial charge in [-0.05, 0) is 34.0 Å². The zero-order valence-corrected chi connectivity index (χ0v) is 10.9. The number of fused-ring (bicyclic) bond motifs is 3. The summed E-state index contributed by atoms with van der Waals surface area (Å²) in [5.41, 5.74) is 7.78. The molecule has 0 aliphatic heterocycles. The molecule has 3 heterocycles. The molecule has 0 aliphatic rings. The number of hydrogen-bond donors (Lipinski definition) is 1. The van der Waals surface area contributed by atoms with Crippen LogP contribution >= 0.6 is 11.3 Å². The fraction of sp³-hybridized carbons (Fsp3) is 0. The molecule has 0 atom stereocenters. The van der Waals surface area contributed by atoms with Crippen LogP contribution in [0.4, 0.5) is 5.69 Å². The molecule has 20 heavy (non-hydrogen) atoms. The molecule has 0 bridgehead atoms. The third-order valence-corrected chi connectivity index (χ3v) is 3.68. The molecule has 98 valence electrons. The van der Waals surface area contributed by atoms with Gasteiger partial charge in [-0.25, -0.2) is 0 Å². The smallest absolute Gasteiger partial charge is 0.327 e. The Kier molecular flexibility index (Phi) is 2.30. The van der Waals surface area contributed by atoms with Gasteiger partial charge in [0.2, 0.25) is 5.65 Å². The van der Waals surface area contributed by atoms with Gasteiger partial charge in [-0.1, -0.05) is 6.07 Å². The number of anilines is 1. The van der Waals surface area contributed by atoms with Crippen molar-refractivity contribution in [3.8, 4) is 11.8 Å². The Morgan fingerprint density at radius 2 is 2.20 bits per heavy atom. The van der Waals surface area contributed by atoms with E-state index in [1.165, 1.54) is 15.9 Å². The lowest BCUT2D eigenvalue weighted by Gasteiger charge is -2.06. The molecule has 1 aromatic carbocycles. The molecule has 0 saturated carbocycles. The highest BCUT2D eigenvalue weighted by molar-refractivity contribution is 7.17. The van der Waals surface area contributed by atoms with Gasteiger partial charge >= 0.3 is 6.01 Å². The average molecular weight is 284 g/mol. The molecule has 0 amide bonds. The van der Waals surface area contributed by atoms with E-state index in [9.17, 15) is 0 Å². The zero-order valence-electron chi connectivity index (χ0n) is 10.1. The van der Waals surface area contributed by atoms with E-state index in [-0.39, 0.29) is 0 Å². The van der Waals surface area contributed by atoms with Gasteiger partial charge in [0.05, 0.1) is 10.2 Å². The van der Waals surface area contributed by atoms with E-state index in [0.717, 1.165) is 10.2 Å². The van der Waals surface area contributed by atoms with Gasteiger partial charge in [0.15, 0.2) is 0 Å². The maximum Gasteiger partial charge on any atom is 0.327 e. The zero-order chi connectivity index (χ0) is 13.5. The van der Waals surface area contributed by atoms with Crippen LogP contribution in [0.1, 0.15) is 0 Å². The van der Waals surface area contributed by atoms with Crippen LogP contribution in [0.15, 0.2) is 35.7 Å². The van der Waals surface area contributed by atoms with Crippen molar-refractivity contribution in [1.29, 1.82) is 0 Å². The minimum absolute atomic E-state index is 0.307. The highest BCUT2D eigenvalue weighted by Gasteiger charge is 2.13. The highest BCUT2D eigenvalue weighted by atomic mass is 32.1. The number of rotatable bonds is 2. The van der Waals surface area contributed by atoms with Crippen LogP contribution in [-0.4, -0.2) is 25.0 Å². The van der Waals surface area contributed by atoms with Crippen molar-refractivity contribution in [3.05, 3.63) is 35.7 Å². The standard InChI is InChI=1S/C12H8N6OS/c13-7-2-1-3-8(6-7)19-12-14-9-4-5-20-10(9)11-15-16-17-18(11)12/h1-6H,13H2. The number of aromatic nitrogens is 5. The van der Waals surface area contributed by atoms with E-state index in [1.807, 2.05) is 17.5 Å². The molecule has 0 fully saturated rings. The van der Waals surface area contributed by atoms with E-state index in [4.69, 9.17) is 10.5 Å². The lowest BCUT2D eigenvalue weighted by molar-refractivity contribution is 0.426. The topological polar surface area (TPSA) is 91.2 Å². The number of benzene rings is 1. The van der Waals surface area contributed by atoms with Gasteiger partial charge < -0.3 is 10.5 Å². The Balaban J connectivity index is 1.91. The van der Waals surface area contributed by atoms with Crippen LogP contribution < -0.4 is 10.5 Å². The minimum Gasteiger partial charge on any atom is -0.424 e. The number of nitrogens with two attached hydrogens (primary N) is 1.